The molecule has 1 aliphatic carbocycles. The van der Waals surface area contributed by atoms with E-state index in [2.05, 4.69) is 22.6 Å². The van der Waals surface area contributed by atoms with Crippen LogP contribution < -0.4 is 0 Å². The van der Waals surface area contributed by atoms with Crippen molar-refractivity contribution in [1.82, 2.24) is 0 Å². The van der Waals surface area contributed by atoms with Gasteiger partial charge in [-0.05, 0) is 19.4 Å². The largest absolute Gasteiger partial charge is 0.294 e. The number of hydrogen-bond donors (Lipinski definition) is 1. The summed E-state index contributed by atoms with van der Waals surface area (Å²) < 4.78 is 29.9. The highest BCUT2D eigenvalue weighted by Crippen LogP contribution is 2.30. The minimum Gasteiger partial charge on any atom is -0.282 e. The zero-order valence-corrected chi connectivity index (χ0v) is 9.46. The fourth-order valence-corrected chi connectivity index (χ4v) is 1.82. The van der Waals surface area contributed by atoms with Crippen molar-refractivity contribution in [3.8, 4) is 0 Å². The zero-order valence-electron chi connectivity index (χ0n) is 6.49. The molecule has 0 aromatic carbocycles. The van der Waals surface area contributed by atoms with Crippen LogP contribution in [-0.2, 0) is 10.1 Å². The maximum Gasteiger partial charge on any atom is 0.294 e. The second-order valence-corrected chi connectivity index (χ2v) is 6.78. The molecule has 0 aliphatic heterocycles. The Balaban J connectivity index is 2.93. The predicted molar refractivity (Wildman–Crippen MR) is 55.8 cm³/mol. The summed E-state index contributed by atoms with van der Waals surface area (Å²) in [6, 6.07) is 0. The van der Waals surface area contributed by atoms with Crippen molar-refractivity contribution in [3.63, 3.8) is 0 Å². The first-order valence-electron chi connectivity index (χ1n) is 3.37. The van der Waals surface area contributed by atoms with E-state index in [4.69, 9.17) is 4.55 Å². The lowest BCUT2D eigenvalue weighted by molar-refractivity contribution is 0.491. The van der Waals surface area contributed by atoms with E-state index >= 15 is 0 Å². The molecule has 0 saturated carbocycles. The van der Waals surface area contributed by atoms with Crippen LogP contribution in [-0.4, -0.2) is 16.4 Å². The van der Waals surface area contributed by atoms with E-state index in [1.165, 1.54) is 12.2 Å². The molecule has 68 valence electrons. The summed E-state index contributed by atoms with van der Waals surface area (Å²) in [6.45, 7) is 1.99. The molecule has 12 heavy (non-hydrogen) atoms. The summed E-state index contributed by atoms with van der Waals surface area (Å²) in [5, 5.41) is 0. The summed E-state index contributed by atoms with van der Waals surface area (Å²) in [6.07, 6.45) is 5.36. The van der Waals surface area contributed by atoms with E-state index in [1.807, 2.05) is 6.92 Å². The molecule has 0 saturated heterocycles. The van der Waals surface area contributed by atoms with Crippen LogP contribution in [0.3, 0.4) is 0 Å². The van der Waals surface area contributed by atoms with Crippen molar-refractivity contribution in [2.24, 2.45) is 0 Å². The molecule has 0 fully saturated rings. The summed E-state index contributed by atoms with van der Waals surface area (Å²) in [7, 11) is -4.01. The van der Waals surface area contributed by atoms with Gasteiger partial charge in [-0.3, -0.25) is 4.55 Å². The zero-order chi connectivity index (χ0) is 9.41. The molecule has 1 unspecified atom stereocenters. The summed E-state index contributed by atoms with van der Waals surface area (Å²) in [5.74, 6) is 0. The Morgan fingerprint density at radius 1 is 1.67 bits per heavy atom. The number of hydrogen-bond acceptors (Lipinski definition) is 2. The highest BCUT2D eigenvalue weighted by Gasteiger charge is 2.22. The Hall–Kier alpha value is 0.120. The van der Waals surface area contributed by atoms with Crippen molar-refractivity contribution >= 4 is 32.7 Å². The van der Waals surface area contributed by atoms with Gasteiger partial charge in [0.25, 0.3) is 10.1 Å². The van der Waals surface area contributed by atoms with Crippen molar-refractivity contribution in [2.75, 3.05) is 0 Å². The molecule has 1 N–H and O–H groups in total. The van der Waals surface area contributed by atoms with Crippen LogP contribution in [0.15, 0.2) is 23.1 Å². The minimum atomic E-state index is -4.01. The van der Waals surface area contributed by atoms with Gasteiger partial charge in [-0.2, -0.15) is 8.42 Å². The normalized spacial score (nSPS) is 30.1. The predicted octanol–water partition coefficient (Wildman–Crippen LogP) is 1.91. The van der Waals surface area contributed by atoms with Gasteiger partial charge < -0.3 is 0 Å². The Bertz CT molecular complexity index is 338. The van der Waals surface area contributed by atoms with E-state index in [0.29, 0.717) is 6.42 Å². The van der Waals surface area contributed by atoms with Gasteiger partial charge in [-0.25, -0.2) is 0 Å². The van der Waals surface area contributed by atoms with Gasteiger partial charge in [0.05, 0.1) is 4.91 Å². The van der Waals surface area contributed by atoms with Crippen LogP contribution >= 0.6 is 22.6 Å². The molecule has 0 aromatic heterocycles. The third kappa shape index (κ3) is 2.56. The standard InChI is InChI=1S/C7H9IO3S/c1-7(8)4-2-6(3-5-7)12(9,10)11/h2-4H,5H2,1H3,(H,9,10,11). The number of alkyl halides is 1. The van der Waals surface area contributed by atoms with Crippen LogP contribution in [0.25, 0.3) is 0 Å². The lowest BCUT2D eigenvalue weighted by Crippen LogP contribution is -2.15. The molecule has 1 atom stereocenters. The van der Waals surface area contributed by atoms with Crippen molar-refractivity contribution in [3.05, 3.63) is 23.1 Å². The highest BCUT2D eigenvalue weighted by molar-refractivity contribution is 14.1. The smallest absolute Gasteiger partial charge is 0.282 e. The second-order valence-electron chi connectivity index (χ2n) is 2.90. The third-order valence-corrected chi connectivity index (χ3v) is 3.29. The molecular formula is C7H9IO3S. The van der Waals surface area contributed by atoms with Crippen LogP contribution in [0.5, 0.6) is 0 Å². The molecular weight excluding hydrogens is 291 g/mol. The number of allylic oxidation sites excluding steroid dienone is 3. The molecule has 0 radical (unpaired) electrons. The van der Waals surface area contributed by atoms with Gasteiger partial charge in [0, 0.05) is 3.42 Å². The Morgan fingerprint density at radius 3 is 2.58 bits per heavy atom. The van der Waals surface area contributed by atoms with E-state index < -0.39 is 10.1 Å². The summed E-state index contributed by atoms with van der Waals surface area (Å²) in [4.78, 5) is -0.00311. The van der Waals surface area contributed by atoms with Crippen LogP contribution in [0.4, 0.5) is 0 Å². The van der Waals surface area contributed by atoms with Crippen LogP contribution in [0.2, 0.25) is 0 Å². The maximum atomic E-state index is 10.6. The molecule has 0 aromatic rings. The topological polar surface area (TPSA) is 54.4 Å². The summed E-state index contributed by atoms with van der Waals surface area (Å²) >= 11 is 2.22. The molecule has 0 amide bonds. The average Bonchev–Trinajstić information content (AvgIpc) is 1.83. The molecule has 5 heteroatoms. The van der Waals surface area contributed by atoms with E-state index in [9.17, 15) is 8.42 Å². The Labute approximate surface area is 85.4 Å². The minimum absolute atomic E-state index is 0.00311. The molecule has 1 aliphatic rings. The van der Waals surface area contributed by atoms with Gasteiger partial charge in [0.15, 0.2) is 0 Å². The van der Waals surface area contributed by atoms with Crippen molar-refractivity contribution in [2.45, 2.75) is 16.8 Å². The van der Waals surface area contributed by atoms with Crippen LogP contribution in [0.1, 0.15) is 13.3 Å². The van der Waals surface area contributed by atoms with E-state index in [1.54, 1.807) is 6.08 Å². The first-order chi connectivity index (χ1) is 5.31. The fraction of sp³-hybridized carbons (Fsp3) is 0.429. The summed E-state index contributed by atoms with van der Waals surface area (Å²) in [5.41, 5.74) is 0. The quantitative estimate of drug-likeness (QED) is 0.457. The lowest BCUT2D eigenvalue weighted by atomic mass is 10.0. The molecule has 0 bridgehead atoms. The SMILES string of the molecule is CC1(I)C=CC(S(=O)(=O)O)=CC1. The second kappa shape index (κ2) is 3.12. The highest BCUT2D eigenvalue weighted by atomic mass is 127. The fourth-order valence-electron chi connectivity index (χ4n) is 0.883. The Morgan fingerprint density at radius 2 is 2.25 bits per heavy atom. The molecule has 0 spiro atoms. The van der Waals surface area contributed by atoms with E-state index in [-0.39, 0.29) is 8.33 Å². The Kier molecular flexibility index (Phi) is 2.65. The van der Waals surface area contributed by atoms with Gasteiger partial charge in [-0.15, -0.1) is 0 Å². The molecule has 3 nitrogen and oxygen atoms in total. The first kappa shape index (κ1) is 10.2. The van der Waals surface area contributed by atoms with Gasteiger partial charge in [-0.1, -0.05) is 34.7 Å². The van der Waals surface area contributed by atoms with Gasteiger partial charge >= 0.3 is 0 Å². The monoisotopic (exact) mass is 300 g/mol. The maximum absolute atomic E-state index is 10.6. The van der Waals surface area contributed by atoms with Crippen molar-refractivity contribution < 1.29 is 13.0 Å². The van der Waals surface area contributed by atoms with Crippen molar-refractivity contribution in [1.29, 1.82) is 0 Å². The van der Waals surface area contributed by atoms with E-state index in [0.717, 1.165) is 0 Å². The lowest BCUT2D eigenvalue weighted by Gasteiger charge is -2.19. The van der Waals surface area contributed by atoms with Crippen LogP contribution in [0, 0.1) is 0 Å². The number of halogens is 1. The third-order valence-electron chi connectivity index (χ3n) is 1.60. The van der Waals surface area contributed by atoms with Gasteiger partial charge in [0.2, 0.25) is 0 Å². The average molecular weight is 300 g/mol. The first-order valence-corrected chi connectivity index (χ1v) is 5.89. The number of rotatable bonds is 1. The van der Waals surface area contributed by atoms with Gasteiger partial charge in [0.1, 0.15) is 0 Å². The molecule has 1 rings (SSSR count). The molecule has 0 heterocycles.